The van der Waals surface area contributed by atoms with Crippen LogP contribution in [0.1, 0.15) is 54.7 Å². The average molecular weight is 378 g/mol. The van der Waals surface area contributed by atoms with Gasteiger partial charge in [0, 0.05) is 6.54 Å². The zero-order chi connectivity index (χ0) is 19.8. The normalized spacial score (nSPS) is 19.8. The summed E-state index contributed by atoms with van der Waals surface area (Å²) in [5.74, 6) is 0.463. The molecular weight excluding hydrogens is 346 g/mol. The molecule has 1 aliphatic carbocycles. The van der Waals surface area contributed by atoms with Gasteiger partial charge in [-0.3, -0.25) is 4.79 Å². The predicted octanol–water partition coefficient (Wildman–Crippen LogP) is 5.42. The zero-order valence-electron chi connectivity index (χ0n) is 17.0. The van der Waals surface area contributed by atoms with Crippen LogP contribution in [0.2, 0.25) is 0 Å². The highest BCUT2D eigenvalue weighted by atomic mass is 16.5. The van der Waals surface area contributed by atoms with Gasteiger partial charge in [-0.15, -0.1) is 0 Å². The van der Waals surface area contributed by atoms with E-state index < -0.39 is 0 Å². The molecule has 0 bridgehead atoms. The molecule has 0 N–H and O–H groups in total. The fraction of sp³-hybridized carbons (Fsp3) is 0.400. The van der Waals surface area contributed by atoms with Crippen LogP contribution in [0, 0.1) is 0 Å². The van der Waals surface area contributed by atoms with Crippen molar-refractivity contribution in [2.45, 2.75) is 50.7 Å². The largest absolute Gasteiger partial charge is 0.462 e. The van der Waals surface area contributed by atoms with Gasteiger partial charge in [-0.1, -0.05) is 66.7 Å². The third-order valence-electron chi connectivity index (χ3n) is 5.32. The molecule has 0 aromatic heterocycles. The number of carbonyl (C=O) groups is 1. The molecule has 1 aliphatic rings. The zero-order valence-corrected chi connectivity index (χ0v) is 17.0. The average Bonchev–Trinajstić information content (AvgIpc) is 2.70. The second-order valence-corrected chi connectivity index (χ2v) is 7.96. The number of hydrogen-bond acceptors (Lipinski definition) is 3. The van der Waals surface area contributed by atoms with Gasteiger partial charge in [-0.05, 0) is 62.4 Å². The maximum atomic E-state index is 12.1. The Morgan fingerprint density at radius 2 is 1.68 bits per heavy atom. The highest BCUT2D eigenvalue weighted by molar-refractivity contribution is 5.72. The third kappa shape index (κ3) is 6.35. The molecule has 0 radical (unpaired) electrons. The standard InChI is InChI=1S/C25H31NO2/c1-26(2)19-21-11-13-22(14-12-21)23-15-17-24(18-16-23)28-25(27)10-6-9-20-7-4-3-5-8-20/h3-9,11-14,23-24H,10,15-19H2,1-2H3/b9-6+/t23-,24-. The molecule has 0 saturated heterocycles. The molecule has 0 spiro atoms. The van der Waals surface area contributed by atoms with Crippen LogP contribution in [0.15, 0.2) is 60.7 Å². The molecule has 3 heteroatoms. The van der Waals surface area contributed by atoms with E-state index in [4.69, 9.17) is 4.74 Å². The van der Waals surface area contributed by atoms with Crippen LogP contribution in [0.3, 0.4) is 0 Å². The first-order valence-electron chi connectivity index (χ1n) is 10.2. The van der Waals surface area contributed by atoms with E-state index in [0.717, 1.165) is 37.8 Å². The van der Waals surface area contributed by atoms with Crippen molar-refractivity contribution in [3.63, 3.8) is 0 Å². The highest BCUT2D eigenvalue weighted by Crippen LogP contribution is 2.34. The van der Waals surface area contributed by atoms with Crippen molar-refractivity contribution in [3.05, 3.63) is 77.4 Å². The first-order valence-corrected chi connectivity index (χ1v) is 10.2. The van der Waals surface area contributed by atoms with Crippen LogP contribution < -0.4 is 0 Å². The monoisotopic (exact) mass is 377 g/mol. The lowest BCUT2D eigenvalue weighted by molar-refractivity contribution is -0.149. The van der Waals surface area contributed by atoms with E-state index in [1.165, 1.54) is 11.1 Å². The quantitative estimate of drug-likeness (QED) is 0.603. The lowest BCUT2D eigenvalue weighted by atomic mass is 9.82. The van der Waals surface area contributed by atoms with E-state index in [2.05, 4.69) is 43.3 Å². The van der Waals surface area contributed by atoms with Gasteiger partial charge < -0.3 is 9.64 Å². The van der Waals surface area contributed by atoms with E-state index >= 15 is 0 Å². The van der Waals surface area contributed by atoms with E-state index in [9.17, 15) is 4.79 Å². The minimum Gasteiger partial charge on any atom is -0.462 e. The molecule has 2 aromatic rings. The molecule has 0 heterocycles. The van der Waals surface area contributed by atoms with Crippen molar-refractivity contribution in [2.75, 3.05) is 14.1 Å². The van der Waals surface area contributed by atoms with Gasteiger partial charge in [-0.25, -0.2) is 0 Å². The molecule has 2 aromatic carbocycles. The van der Waals surface area contributed by atoms with E-state index in [-0.39, 0.29) is 12.1 Å². The van der Waals surface area contributed by atoms with Crippen molar-refractivity contribution < 1.29 is 9.53 Å². The molecular formula is C25H31NO2. The Labute approximate surface area is 169 Å². The van der Waals surface area contributed by atoms with Gasteiger partial charge in [0.05, 0.1) is 6.42 Å². The lowest BCUT2D eigenvalue weighted by Gasteiger charge is -2.28. The van der Waals surface area contributed by atoms with Crippen LogP contribution in [0.25, 0.3) is 6.08 Å². The van der Waals surface area contributed by atoms with Gasteiger partial charge in [0.15, 0.2) is 0 Å². The number of carbonyl (C=O) groups excluding carboxylic acids is 1. The van der Waals surface area contributed by atoms with E-state index in [1.807, 2.05) is 42.5 Å². The first-order chi connectivity index (χ1) is 13.6. The van der Waals surface area contributed by atoms with Crippen LogP contribution in [0.4, 0.5) is 0 Å². The van der Waals surface area contributed by atoms with Crippen LogP contribution in [-0.2, 0) is 16.1 Å². The number of hydrogen-bond donors (Lipinski definition) is 0. The Hall–Kier alpha value is -2.39. The Balaban J connectivity index is 1.41. The number of ether oxygens (including phenoxy) is 1. The third-order valence-corrected chi connectivity index (χ3v) is 5.32. The van der Waals surface area contributed by atoms with Crippen molar-refractivity contribution in [3.8, 4) is 0 Å². The first kappa shape index (κ1) is 20.3. The summed E-state index contributed by atoms with van der Waals surface area (Å²) < 4.78 is 5.68. The molecule has 0 amide bonds. The summed E-state index contributed by atoms with van der Waals surface area (Å²) in [7, 11) is 4.18. The van der Waals surface area contributed by atoms with Crippen LogP contribution in [0.5, 0.6) is 0 Å². The molecule has 3 nitrogen and oxygen atoms in total. The van der Waals surface area contributed by atoms with Crippen molar-refractivity contribution >= 4 is 12.0 Å². The summed E-state index contributed by atoms with van der Waals surface area (Å²) in [5.41, 5.74) is 3.87. The second kappa shape index (κ2) is 10.2. The summed E-state index contributed by atoms with van der Waals surface area (Å²) in [6, 6.07) is 19.0. The summed E-state index contributed by atoms with van der Waals surface area (Å²) in [6.07, 6.45) is 8.35. The SMILES string of the molecule is CN(C)Cc1ccc([C@H]2CC[C@H](OC(=O)C/C=C/c3ccccc3)CC2)cc1. The number of benzene rings is 2. The number of nitrogens with zero attached hydrogens (tertiary/aromatic N) is 1. The molecule has 1 saturated carbocycles. The molecule has 28 heavy (non-hydrogen) atoms. The van der Waals surface area contributed by atoms with Crippen LogP contribution >= 0.6 is 0 Å². The van der Waals surface area contributed by atoms with Crippen molar-refractivity contribution in [2.24, 2.45) is 0 Å². The van der Waals surface area contributed by atoms with Gasteiger partial charge in [0.25, 0.3) is 0 Å². The van der Waals surface area contributed by atoms with Crippen LogP contribution in [-0.4, -0.2) is 31.1 Å². The molecule has 1 fully saturated rings. The minimum absolute atomic E-state index is 0.0712. The topological polar surface area (TPSA) is 29.5 Å². The van der Waals surface area contributed by atoms with E-state index in [1.54, 1.807) is 0 Å². The van der Waals surface area contributed by atoms with Gasteiger partial charge in [0.1, 0.15) is 6.10 Å². The highest BCUT2D eigenvalue weighted by Gasteiger charge is 2.24. The Morgan fingerprint density at radius 1 is 1.00 bits per heavy atom. The fourth-order valence-electron chi connectivity index (χ4n) is 3.86. The predicted molar refractivity (Wildman–Crippen MR) is 115 cm³/mol. The van der Waals surface area contributed by atoms with E-state index in [0.29, 0.717) is 12.3 Å². The Bertz CT molecular complexity index is 757. The minimum atomic E-state index is -0.122. The molecule has 148 valence electrons. The fourth-order valence-corrected chi connectivity index (χ4v) is 3.86. The summed E-state index contributed by atoms with van der Waals surface area (Å²) in [6.45, 7) is 0.974. The summed E-state index contributed by atoms with van der Waals surface area (Å²) in [4.78, 5) is 14.3. The molecule has 0 unspecified atom stereocenters. The van der Waals surface area contributed by atoms with Gasteiger partial charge >= 0.3 is 5.97 Å². The second-order valence-electron chi connectivity index (χ2n) is 7.96. The molecule has 0 atom stereocenters. The summed E-state index contributed by atoms with van der Waals surface area (Å²) >= 11 is 0. The van der Waals surface area contributed by atoms with Gasteiger partial charge in [-0.2, -0.15) is 0 Å². The Morgan fingerprint density at radius 3 is 2.32 bits per heavy atom. The smallest absolute Gasteiger partial charge is 0.309 e. The molecule has 0 aliphatic heterocycles. The number of rotatable bonds is 7. The van der Waals surface area contributed by atoms with Gasteiger partial charge in [0.2, 0.25) is 0 Å². The lowest BCUT2D eigenvalue weighted by Crippen LogP contribution is -2.23. The maximum Gasteiger partial charge on any atom is 0.309 e. The Kier molecular flexibility index (Phi) is 7.44. The van der Waals surface area contributed by atoms with Crippen molar-refractivity contribution in [1.82, 2.24) is 4.90 Å². The van der Waals surface area contributed by atoms with Crippen molar-refractivity contribution in [1.29, 1.82) is 0 Å². The molecule has 3 rings (SSSR count). The summed E-state index contributed by atoms with van der Waals surface area (Å²) in [5, 5.41) is 0. The maximum absolute atomic E-state index is 12.1. The number of esters is 1.